The van der Waals surface area contributed by atoms with Crippen LogP contribution in [0.15, 0.2) is 42.5 Å². The monoisotopic (exact) mass is 543 g/mol. The molecule has 0 unspecified atom stereocenters. The van der Waals surface area contributed by atoms with Crippen molar-refractivity contribution in [3.63, 3.8) is 0 Å². The van der Waals surface area contributed by atoms with Gasteiger partial charge >= 0.3 is 0 Å². The summed E-state index contributed by atoms with van der Waals surface area (Å²) >= 11 is 0. The molecule has 1 aliphatic rings. The molecule has 6 nitrogen and oxygen atoms in total. The van der Waals surface area contributed by atoms with E-state index in [0.29, 0.717) is 45.0 Å². The van der Waals surface area contributed by atoms with Crippen molar-refractivity contribution in [2.45, 2.75) is 91.9 Å². The normalized spacial score (nSPS) is 15.4. The lowest BCUT2D eigenvalue weighted by Gasteiger charge is -2.36. The summed E-state index contributed by atoms with van der Waals surface area (Å²) in [7, 11) is 0. The summed E-state index contributed by atoms with van der Waals surface area (Å²) < 4.78 is 6.46. The summed E-state index contributed by atoms with van der Waals surface area (Å²) in [6, 6.07) is 15.2. The molecule has 40 heavy (non-hydrogen) atoms. The van der Waals surface area contributed by atoms with Crippen LogP contribution in [0.2, 0.25) is 0 Å². The fraction of sp³-hybridized carbons (Fsp3) is 0.471. The Labute approximate surface area is 239 Å². The van der Waals surface area contributed by atoms with Crippen molar-refractivity contribution in [3.8, 4) is 17.0 Å². The molecular formula is C34H45N3O3. The zero-order valence-corrected chi connectivity index (χ0v) is 25.0. The van der Waals surface area contributed by atoms with Crippen LogP contribution in [0.25, 0.3) is 11.3 Å². The molecule has 0 radical (unpaired) electrons. The third kappa shape index (κ3) is 6.39. The lowest BCUT2D eigenvalue weighted by atomic mass is 9.90. The van der Waals surface area contributed by atoms with Gasteiger partial charge in [0.05, 0.1) is 5.69 Å². The highest BCUT2D eigenvalue weighted by Gasteiger charge is 2.37. The fourth-order valence-electron chi connectivity index (χ4n) is 5.65. The number of rotatable bonds is 10. The number of benzene rings is 2. The molecule has 1 aliphatic heterocycles. The van der Waals surface area contributed by atoms with Crippen LogP contribution >= 0.6 is 0 Å². The molecule has 0 aliphatic carbocycles. The fourth-order valence-corrected chi connectivity index (χ4v) is 5.65. The highest BCUT2D eigenvalue weighted by Crippen LogP contribution is 2.33. The predicted molar refractivity (Wildman–Crippen MR) is 161 cm³/mol. The average molecular weight is 544 g/mol. The van der Waals surface area contributed by atoms with Gasteiger partial charge in [-0.25, -0.2) is 0 Å². The molecule has 3 aromatic rings. The maximum absolute atomic E-state index is 11.8. The van der Waals surface area contributed by atoms with Crippen LogP contribution in [0, 0.1) is 13.8 Å². The molecule has 1 saturated heterocycles. The predicted octanol–water partition coefficient (Wildman–Crippen LogP) is 6.00. The number of piperidine rings is 1. The van der Waals surface area contributed by atoms with Crippen molar-refractivity contribution in [2.75, 3.05) is 13.1 Å². The number of aromatic nitrogens is 1. The van der Waals surface area contributed by atoms with Gasteiger partial charge in [-0.3, -0.25) is 14.7 Å². The Hall–Kier alpha value is -3.22. The van der Waals surface area contributed by atoms with Crippen molar-refractivity contribution >= 4 is 5.91 Å². The molecule has 6 heteroatoms. The van der Waals surface area contributed by atoms with Crippen molar-refractivity contribution in [1.82, 2.24) is 9.88 Å². The number of aliphatic hydroxyl groups is 1. The third-order valence-corrected chi connectivity index (χ3v) is 8.47. The van der Waals surface area contributed by atoms with E-state index in [2.05, 4.69) is 88.9 Å². The summed E-state index contributed by atoms with van der Waals surface area (Å²) in [4.78, 5) is 19.2. The first-order valence-corrected chi connectivity index (χ1v) is 14.6. The van der Waals surface area contributed by atoms with E-state index in [1.807, 2.05) is 0 Å². The number of primary amides is 1. The molecule has 0 bridgehead atoms. The van der Waals surface area contributed by atoms with Crippen molar-refractivity contribution in [1.29, 1.82) is 0 Å². The SMILES string of the molecule is CCc1cccc(CC)c1-c1cc(CN2CCC(O)(C(N)=O)CC2)c(COc2cc(C(C)C)ccc2C)c(C)n1. The zero-order chi connectivity index (χ0) is 29.0. The molecule has 0 atom stereocenters. The minimum atomic E-state index is -1.42. The molecule has 1 aromatic heterocycles. The van der Waals surface area contributed by atoms with E-state index in [9.17, 15) is 9.90 Å². The molecular weight excluding hydrogens is 498 g/mol. The number of pyridine rings is 1. The van der Waals surface area contributed by atoms with Gasteiger partial charge in [-0.2, -0.15) is 0 Å². The number of nitrogens with zero attached hydrogens (tertiary/aromatic N) is 2. The Kier molecular flexibility index (Phi) is 9.32. The number of amides is 1. The number of carbonyl (C=O) groups excluding carboxylic acids is 1. The largest absolute Gasteiger partial charge is 0.489 e. The maximum Gasteiger partial charge on any atom is 0.249 e. The van der Waals surface area contributed by atoms with Gasteiger partial charge in [0.1, 0.15) is 18.0 Å². The van der Waals surface area contributed by atoms with Crippen LogP contribution in [-0.2, 0) is 30.8 Å². The highest BCUT2D eigenvalue weighted by molar-refractivity contribution is 5.83. The number of carbonyl (C=O) groups is 1. The van der Waals surface area contributed by atoms with Crippen LogP contribution in [0.4, 0.5) is 0 Å². The van der Waals surface area contributed by atoms with Crippen LogP contribution in [0.1, 0.15) is 85.5 Å². The van der Waals surface area contributed by atoms with Gasteiger partial charge in [-0.05, 0) is 85.4 Å². The Morgan fingerprint density at radius 2 is 1.70 bits per heavy atom. The van der Waals surface area contributed by atoms with Gasteiger partial charge in [-0.1, -0.05) is 58.0 Å². The van der Waals surface area contributed by atoms with E-state index in [1.54, 1.807) is 0 Å². The Bertz CT molecular complexity index is 1330. The van der Waals surface area contributed by atoms with Crippen molar-refractivity contribution in [3.05, 3.63) is 81.5 Å². The minimum absolute atomic E-state index is 0.338. The molecule has 3 N–H and O–H groups in total. The van der Waals surface area contributed by atoms with Gasteiger partial charge in [0.25, 0.3) is 0 Å². The molecule has 1 fully saturated rings. The summed E-state index contributed by atoms with van der Waals surface area (Å²) in [6.07, 6.45) is 2.55. The lowest BCUT2D eigenvalue weighted by molar-refractivity contribution is -0.141. The van der Waals surface area contributed by atoms with E-state index in [-0.39, 0.29) is 0 Å². The van der Waals surface area contributed by atoms with Gasteiger partial charge in [0, 0.05) is 36.5 Å². The first kappa shape index (κ1) is 29.8. The van der Waals surface area contributed by atoms with Crippen molar-refractivity contribution in [2.24, 2.45) is 5.73 Å². The molecule has 2 heterocycles. The second kappa shape index (κ2) is 12.5. The molecule has 4 rings (SSSR count). The number of likely N-dealkylation sites (tertiary alicyclic amines) is 1. The Morgan fingerprint density at radius 3 is 2.27 bits per heavy atom. The van der Waals surface area contributed by atoms with E-state index in [4.69, 9.17) is 15.5 Å². The molecule has 214 valence electrons. The molecule has 0 spiro atoms. The number of aryl methyl sites for hydroxylation is 4. The second-order valence-corrected chi connectivity index (χ2v) is 11.5. The first-order valence-electron chi connectivity index (χ1n) is 14.6. The van der Waals surface area contributed by atoms with Crippen LogP contribution in [0.5, 0.6) is 5.75 Å². The van der Waals surface area contributed by atoms with Crippen LogP contribution in [0.3, 0.4) is 0 Å². The van der Waals surface area contributed by atoms with E-state index in [1.165, 1.54) is 22.3 Å². The molecule has 2 aromatic carbocycles. The quantitative estimate of drug-likeness (QED) is 0.327. The zero-order valence-electron chi connectivity index (χ0n) is 25.0. The Balaban J connectivity index is 1.72. The maximum atomic E-state index is 11.8. The van der Waals surface area contributed by atoms with E-state index >= 15 is 0 Å². The number of hydrogen-bond donors (Lipinski definition) is 2. The van der Waals surface area contributed by atoms with E-state index < -0.39 is 11.5 Å². The minimum Gasteiger partial charge on any atom is -0.489 e. The molecule has 1 amide bonds. The average Bonchev–Trinajstić information content (AvgIpc) is 2.93. The van der Waals surface area contributed by atoms with Gasteiger partial charge in [-0.15, -0.1) is 0 Å². The number of ether oxygens (including phenoxy) is 1. The van der Waals surface area contributed by atoms with Gasteiger partial charge in [0.15, 0.2) is 0 Å². The van der Waals surface area contributed by atoms with Crippen LogP contribution < -0.4 is 10.5 Å². The second-order valence-electron chi connectivity index (χ2n) is 11.5. The van der Waals surface area contributed by atoms with E-state index in [0.717, 1.165) is 46.7 Å². The lowest BCUT2D eigenvalue weighted by Crippen LogP contribution is -2.52. The Morgan fingerprint density at radius 1 is 1.05 bits per heavy atom. The van der Waals surface area contributed by atoms with Gasteiger partial charge in [0.2, 0.25) is 5.91 Å². The number of nitrogens with two attached hydrogens (primary N) is 1. The summed E-state index contributed by atoms with van der Waals surface area (Å²) in [5.74, 6) is 0.686. The summed E-state index contributed by atoms with van der Waals surface area (Å²) in [5.41, 5.74) is 14.5. The third-order valence-electron chi connectivity index (χ3n) is 8.47. The highest BCUT2D eigenvalue weighted by atomic mass is 16.5. The number of hydrogen-bond acceptors (Lipinski definition) is 5. The van der Waals surface area contributed by atoms with Crippen molar-refractivity contribution < 1.29 is 14.6 Å². The standard InChI is InChI=1S/C34H45N3O3/c1-7-25-10-9-11-26(8-2)32(25)30-18-28(20-37-16-14-34(39,15-17-37)33(35)38)29(24(6)36-30)21-40-31-19-27(22(3)4)13-12-23(31)5/h9-13,18-19,22,39H,7-8,14-17,20-21H2,1-6H3,(H2,35,38). The topological polar surface area (TPSA) is 88.7 Å². The smallest absolute Gasteiger partial charge is 0.249 e. The van der Waals surface area contributed by atoms with Crippen LogP contribution in [-0.4, -0.2) is 39.6 Å². The van der Waals surface area contributed by atoms with Gasteiger partial charge < -0.3 is 15.6 Å². The first-order chi connectivity index (χ1) is 19.1. The molecule has 0 saturated carbocycles. The summed E-state index contributed by atoms with van der Waals surface area (Å²) in [6.45, 7) is 15.2. The summed E-state index contributed by atoms with van der Waals surface area (Å²) in [5, 5.41) is 10.6.